The summed E-state index contributed by atoms with van der Waals surface area (Å²) in [5, 5.41) is 9.41. The van der Waals surface area contributed by atoms with Crippen molar-refractivity contribution in [1.29, 1.82) is 5.26 Å². The zero-order valence-corrected chi connectivity index (χ0v) is 14.6. The highest BCUT2D eigenvalue weighted by atomic mass is 79.9. The van der Waals surface area contributed by atoms with E-state index < -0.39 is 5.82 Å². The maximum absolute atomic E-state index is 13.2. The van der Waals surface area contributed by atoms with Crippen LogP contribution in [0.1, 0.15) is 11.3 Å². The summed E-state index contributed by atoms with van der Waals surface area (Å²) in [6.45, 7) is 0. The highest BCUT2D eigenvalue weighted by Gasteiger charge is 2.08. The third-order valence-electron chi connectivity index (χ3n) is 3.39. The van der Waals surface area contributed by atoms with Gasteiger partial charge in [-0.15, -0.1) is 0 Å². The maximum Gasteiger partial charge on any atom is 0.141 e. The van der Waals surface area contributed by atoms with Crippen LogP contribution in [0.25, 0.3) is 23.0 Å². The number of halogens is 3. The predicted octanol–water partition coefficient (Wildman–Crippen LogP) is 6.57. The van der Waals surface area contributed by atoms with Gasteiger partial charge < -0.3 is 4.42 Å². The Morgan fingerprint density at radius 2 is 1.88 bits per heavy atom. The molecule has 2 nitrogen and oxygen atoms in total. The third kappa shape index (κ3) is 3.59. The van der Waals surface area contributed by atoms with Crippen molar-refractivity contribution in [1.82, 2.24) is 0 Å². The van der Waals surface area contributed by atoms with E-state index in [4.69, 9.17) is 16.0 Å². The molecule has 0 spiro atoms. The quantitative estimate of drug-likeness (QED) is 0.465. The van der Waals surface area contributed by atoms with E-state index in [1.54, 1.807) is 24.3 Å². The summed E-state index contributed by atoms with van der Waals surface area (Å²) < 4.78 is 19.9. The van der Waals surface area contributed by atoms with Crippen LogP contribution in [0.15, 0.2) is 63.5 Å². The second kappa shape index (κ2) is 7.04. The zero-order valence-electron chi connectivity index (χ0n) is 12.3. The Morgan fingerprint density at radius 3 is 2.54 bits per heavy atom. The minimum atomic E-state index is -0.478. The summed E-state index contributed by atoms with van der Waals surface area (Å²) in [6, 6.07) is 17.5. The molecule has 0 fully saturated rings. The molecule has 24 heavy (non-hydrogen) atoms. The van der Waals surface area contributed by atoms with Gasteiger partial charge in [0, 0.05) is 10.0 Å². The van der Waals surface area contributed by atoms with E-state index >= 15 is 0 Å². The number of rotatable bonds is 3. The molecular formula is C19H10BrClFNO. The number of hydrogen-bond acceptors (Lipinski definition) is 2. The average molecular weight is 403 g/mol. The van der Waals surface area contributed by atoms with Gasteiger partial charge in [-0.1, -0.05) is 39.7 Å². The van der Waals surface area contributed by atoms with Gasteiger partial charge in [-0.2, -0.15) is 5.26 Å². The lowest BCUT2D eigenvalue weighted by Crippen LogP contribution is -1.81. The van der Waals surface area contributed by atoms with Crippen LogP contribution in [0.5, 0.6) is 0 Å². The number of hydrogen-bond donors (Lipinski definition) is 0. The molecular weight excluding hydrogens is 393 g/mol. The van der Waals surface area contributed by atoms with Crippen LogP contribution in [-0.2, 0) is 0 Å². The predicted molar refractivity (Wildman–Crippen MR) is 96.7 cm³/mol. The number of nitriles is 1. The van der Waals surface area contributed by atoms with Crippen molar-refractivity contribution in [3.63, 3.8) is 0 Å². The molecule has 0 saturated heterocycles. The lowest BCUT2D eigenvalue weighted by Gasteiger charge is -2.00. The van der Waals surface area contributed by atoms with E-state index in [0.717, 1.165) is 10.0 Å². The second-order valence-corrected chi connectivity index (χ2v) is 6.33. The fraction of sp³-hybridized carbons (Fsp3) is 0. The number of nitrogens with zero attached hydrogens (tertiary/aromatic N) is 1. The Balaban J connectivity index is 1.93. The first-order chi connectivity index (χ1) is 11.6. The van der Waals surface area contributed by atoms with Gasteiger partial charge in [0.1, 0.15) is 17.3 Å². The van der Waals surface area contributed by atoms with Gasteiger partial charge in [0.2, 0.25) is 0 Å². The average Bonchev–Trinajstić information content (AvgIpc) is 3.05. The van der Waals surface area contributed by atoms with Gasteiger partial charge in [0.05, 0.1) is 16.7 Å². The smallest absolute Gasteiger partial charge is 0.141 e. The molecule has 0 aliphatic carbocycles. The molecule has 2 aromatic carbocycles. The molecule has 1 heterocycles. The van der Waals surface area contributed by atoms with Gasteiger partial charge >= 0.3 is 0 Å². The first-order valence-corrected chi connectivity index (χ1v) is 8.17. The molecule has 0 aliphatic heterocycles. The van der Waals surface area contributed by atoms with Crippen molar-refractivity contribution >= 4 is 39.2 Å². The van der Waals surface area contributed by atoms with Crippen LogP contribution in [-0.4, -0.2) is 0 Å². The SMILES string of the molecule is N#C/C(=C\c1ccc(-c2ccc(F)c(Cl)c2)o1)c1ccc(Br)cc1. The van der Waals surface area contributed by atoms with Gasteiger partial charge in [0.15, 0.2) is 0 Å². The van der Waals surface area contributed by atoms with Gasteiger partial charge in [-0.05, 0) is 54.1 Å². The molecule has 0 saturated carbocycles. The third-order valence-corrected chi connectivity index (χ3v) is 4.21. The van der Waals surface area contributed by atoms with Crippen molar-refractivity contribution in [3.8, 4) is 17.4 Å². The molecule has 118 valence electrons. The molecule has 0 atom stereocenters. The molecule has 0 radical (unpaired) electrons. The summed E-state index contributed by atoms with van der Waals surface area (Å²) in [4.78, 5) is 0. The Labute approximate surface area is 151 Å². The van der Waals surface area contributed by atoms with Crippen molar-refractivity contribution in [2.75, 3.05) is 0 Å². The molecule has 1 aromatic heterocycles. The highest BCUT2D eigenvalue weighted by molar-refractivity contribution is 9.10. The molecule has 3 aromatic rings. The Bertz CT molecular complexity index is 954. The first kappa shape index (κ1) is 16.5. The van der Waals surface area contributed by atoms with E-state index in [1.807, 2.05) is 24.3 Å². The molecule has 5 heteroatoms. The lowest BCUT2D eigenvalue weighted by atomic mass is 10.1. The molecule has 0 bridgehead atoms. The summed E-state index contributed by atoms with van der Waals surface area (Å²) in [5.74, 6) is 0.607. The number of furan rings is 1. The normalized spacial score (nSPS) is 11.3. The summed E-state index contributed by atoms with van der Waals surface area (Å²) >= 11 is 9.16. The van der Waals surface area contributed by atoms with E-state index in [2.05, 4.69) is 22.0 Å². The Kier molecular flexibility index (Phi) is 4.84. The number of benzene rings is 2. The lowest BCUT2D eigenvalue weighted by molar-refractivity contribution is 0.571. The fourth-order valence-corrected chi connectivity index (χ4v) is 2.63. The van der Waals surface area contributed by atoms with Crippen LogP contribution in [0.2, 0.25) is 5.02 Å². The summed E-state index contributed by atoms with van der Waals surface area (Å²) in [6.07, 6.45) is 1.66. The minimum Gasteiger partial charge on any atom is -0.457 e. The van der Waals surface area contributed by atoms with Gasteiger partial charge in [0.25, 0.3) is 0 Å². The van der Waals surface area contributed by atoms with E-state index in [9.17, 15) is 9.65 Å². The highest BCUT2D eigenvalue weighted by Crippen LogP contribution is 2.28. The largest absolute Gasteiger partial charge is 0.457 e. The van der Waals surface area contributed by atoms with Crippen molar-refractivity contribution in [2.24, 2.45) is 0 Å². The summed E-state index contributed by atoms with van der Waals surface area (Å²) in [5.41, 5.74) is 1.95. The fourth-order valence-electron chi connectivity index (χ4n) is 2.19. The molecule has 0 aliphatic rings. The summed E-state index contributed by atoms with van der Waals surface area (Å²) in [7, 11) is 0. The van der Waals surface area contributed by atoms with Gasteiger partial charge in [-0.25, -0.2) is 4.39 Å². The Hall–Kier alpha value is -2.35. The van der Waals surface area contributed by atoms with Crippen molar-refractivity contribution in [2.45, 2.75) is 0 Å². The van der Waals surface area contributed by atoms with Crippen LogP contribution >= 0.6 is 27.5 Å². The van der Waals surface area contributed by atoms with Crippen molar-refractivity contribution in [3.05, 3.63) is 81.2 Å². The minimum absolute atomic E-state index is 0.0357. The van der Waals surface area contributed by atoms with E-state index in [1.165, 1.54) is 12.1 Å². The van der Waals surface area contributed by atoms with Crippen LogP contribution in [0.3, 0.4) is 0 Å². The molecule has 3 rings (SSSR count). The van der Waals surface area contributed by atoms with Crippen LogP contribution in [0.4, 0.5) is 4.39 Å². The second-order valence-electron chi connectivity index (χ2n) is 5.01. The van der Waals surface area contributed by atoms with E-state index in [-0.39, 0.29) is 5.02 Å². The van der Waals surface area contributed by atoms with Crippen LogP contribution in [0, 0.1) is 17.1 Å². The Morgan fingerprint density at radius 1 is 1.12 bits per heavy atom. The topological polar surface area (TPSA) is 36.9 Å². The monoisotopic (exact) mass is 401 g/mol. The molecule has 0 unspecified atom stereocenters. The number of allylic oxidation sites excluding steroid dienone is 1. The zero-order chi connectivity index (χ0) is 17.1. The van der Waals surface area contributed by atoms with Crippen LogP contribution < -0.4 is 0 Å². The maximum atomic E-state index is 13.2. The van der Waals surface area contributed by atoms with Crippen molar-refractivity contribution < 1.29 is 8.81 Å². The van der Waals surface area contributed by atoms with Gasteiger partial charge in [-0.3, -0.25) is 0 Å². The first-order valence-electron chi connectivity index (χ1n) is 7.00. The van der Waals surface area contributed by atoms with E-state index in [0.29, 0.717) is 22.7 Å². The molecule has 0 amide bonds. The molecule has 0 N–H and O–H groups in total. The standard InChI is InChI=1S/C19H10BrClFNO/c20-15-4-1-12(2-5-15)14(11-23)9-16-6-8-19(24-16)13-3-7-18(22)17(21)10-13/h1-10H/b14-9+.